The number of ether oxygens (including phenoxy) is 3. The molecule has 0 atom stereocenters. The smallest absolute Gasteiger partial charge is 0.308 e. The number of carbonyl (C=O) groups is 1. The zero-order valence-electron chi connectivity index (χ0n) is 13.3. The van der Waals surface area contributed by atoms with Gasteiger partial charge in [-0.15, -0.1) is 10.2 Å². The minimum absolute atomic E-state index is 0.0726. The van der Waals surface area contributed by atoms with Crippen LogP contribution >= 0.6 is 0 Å². The Hall–Kier alpha value is -2.61. The molecule has 0 spiro atoms. The SMILES string of the molecule is COCCNC(=O)c1nnc(Cc2ccc(OC)c(OC)c2)o1. The van der Waals surface area contributed by atoms with Crippen molar-refractivity contribution in [1.29, 1.82) is 0 Å². The van der Waals surface area contributed by atoms with Crippen LogP contribution in [0.5, 0.6) is 11.5 Å². The molecule has 124 valence electrons. The van der Waals surface area contributed by atoms with Crippen LogP contribution in [-0.2, 0) is 11.2 Å². The average Bonchev–Trinajstić information content (AvgIpc) is 3.03. The first-order valence-electron chi connectivity index (χ1n) is 6.98. The summed E-state index contributed by atoms with van der Waals surface area (Å²) >= 11 is 0. The van der Waals surface area contributed by atoms with Crippen LogP contribution in [0.15, 0.2) is 22.6 Å². The van der Waals surface area contributed by atoms with E-state index in [4.69, 9.17) is 18.6 Å². The number of hydrogen-bond acceptors (Lipinski definition) is 7. The summed E-state index contributed by atoms with van der Waals surface area (Å²) in [6.07, 6.45) is 0.388. The van der Waals surface area contributed by atoms with Crippen LogP contribution in [0.2, 0.25) is 0 Å². The average molecular weight is 321 g/mol. The third-order valence-corrected chi connectivity index (χ3v) is 3.06. The predicted molar refractivity (Wildman–Crippen MR) is 80.9 cm³/mol. The van der Waals surface area contributed by atoms with Crippen LogP contribution in [0, 0.1) is 0 Å². The van der Waals surface area contributed by atoms with Gasteiger partial charge in [0.25, 0.3) is 0 Å². The van der Waals surface area contributed by atoms with E-state index in [0.717, 1.165) is 5.56 Å². The van der Waals surface area contributed by atoms with Gasteiger partial charge in [0, 0.05) is 13.7 Å². The lowest BCUT2D eigenvalue weighted by molar-refractivity contribution is 0.0901. The van der Waals surface area contributed by atoms with Gasteiger partial charge in [0.2, 0.25) is 5.89 Å². The molecule has 2 rings (SSSR count). The van der Waals surface area contributed by atoms with Gasteiger partial charge in [-0.05, 0) is 17.7 Å². The number of nitrogens with one attached hydrogen (secondary N) is 1. The lowest BCUT2D eigenvalue weighted by Gasteiger charge is -2.08. The standard InChI is InChI=1S/C15H19N3O5/c1-20-7-6-16-14(19)15-18-17-13(23-15)9-10-4-5-11(21-2)12(8-10)22-3/h4-5,8H,6-7,9H2,1-3H3,(H,16,19). The predicted octanol–water partition coefficient (Wildman–Crippen LogP) is 1.05. The Morgan fingerprint density at radius 1 is 1.17 bits per heavy atom. The van der Waals surface area contributed by atoms with Crippen molar-refractivity contribution in [2.75, 3.05) is 34.5 Å². The Balaban J connectivity index is 2.02. The largest absolute Gasteiger partial charge is 0.493 e. The van der Waals surface area contributed by atoms with E-state index in [1.165, 1.54) is 0 Å². The molecule has 0 aliphatic rings. The fourth-order valence-corrected chi connectivity index (χ4v) is 1.92. The van der Waals surface area contributed by atoms with E-state index in [0.29, 0.717) is 37.0 Å². The second-order valence-corrected chi connectivity index (χ2v) is 4.62. The molecule has 1 amide bonds. The fraction of sp³-hybridized carbons (Fsp3) is 0.400. The first-order valence-corrected chi connectivity index (χ1v) is 6.98. The van der Waals surface area contributed by atoms with E-state index in [2.05, 4.69) is 15.5 Å². The molecule has 0 radical (unpaired) electrons. The number of carbonyl (C=O) groups excluding carboxylic acids is 1. The molecule has 0 saturated heterocycles. The van der Waals surface area contributed by atoms with Gasteiger partial charge < -0.3 is 23.9 Å². The summed E-state index contributed by atoms with van der Waals surface area (Å²) in [5.74, 6) is 1.10. The number of methoxy groups -OCH3 is 3. The van der Waals surface area contributed by atoms with E-state index in [1.54, 1.807) is 27.4 Å². The molecule has 0 saturated carbocycles. The van der Waals surface area contributed by atoms with E-state index in [-0.39, 0.29) is 5.89 Å². The van der Waals surface area contributed by atoms with Crippen LogP contribution < -0.4 is 14.8 Å². The van der Waals surface area contributed by atoms with Gasteiger partial charge in [-0.3, -0.25) is 4.79 Å². The van der Waals surface area contributed by atoms with E-state index >= 15 is 0 Å². The Kier molecular flexibility index (Phi) is 5.93. The first kappa shape index (κ1) is 16.8. The maximum Gasteiger partial charge on any atom is 0.308 e. The molecular weight excluding hydrogens is 302 g/mol. The molecule has 1 N–H and O–H groups in total. The number of aromatic nitrogens is 2. The Morgan fingerprint density at radius 3 is 2.65 bits per heavy atom. The van der Waals surface area contributed by atoms with Crippen molar-refractivity contribution in [3.05, 3.63) is 35.5 Å². The zero-order chi connectivity index (χ0) is 16.7. The van der Waals surface area contributed by atoms with Gasteiger partial charge >= 0.3 is 11.8 Å². The number of rotatable bonds is 8. The molecule has 0 aliphatic carbocycles. The highest BCUT2D eigenvalue weighted by atomic mass is 16.5. The summed E-state index contributed by atoms with van der Waals surface area (Å²) in [4.78, 5) is 11.8. The zero-order valence-corrected chi connectivity index (χ0v) is 13.3. The molecule has 1 heterocycles. The van der Waals surface area contributed by atoms with E-state index in [1.807, 2.05) is 12.1 Å². The molecule has 0 fully saturated rings. The Morgan fingerprint density at radius 2 is 1.96 bits per heavy atom. The van der Waals surface area contributed by atoms with Crippen LogP contribution in [0.4, 0.5) is 0 Å². The monoisotopic (exact) mass is 321 g/mol. The fourth-order valence-electron chi connectivity index (χ4n) is 1.92. The highest BCUT2D eigenvalue weighted by molar-refractivity contribution is 5.89. The lowest BCUT2D eigenvalue weighted by Crippen LogP contribution is -2.27. The summed E-state index contributed by atoms with van der Waals surface area (Å²) in [7, 11) is 4.70. The second-order valence-electron chi connectivity index (χ2n) is 4.62. The van der Waals surface area contributed by atoms with Gasteiger partial charge in [-0.25, -0.2) is 0 Å². The highest BCUT2D eigenvalue weighted by Crippen LogP contribution is 2.28. The molecule has 1 aromatic heterocycles. The molecule has 8 nitrogen and oxygen atoms in total. The summed E-state index contributed by atoms with van der Waals surface area (Å²) in [6, 6.07) is 5.48. The molecule has 0 bridgehead atoms. The maximum absolute atomic E-state index is 11.8. The van der Waals surface area contributed by atoms with Crippen LogP contribution in [0.25, 0.3) is 0 Å². The van der Waals surface area contributed by atoms with Crippen molar-refractivity contribution in [3.63, 3.8) is 0 Å². The number of benzene rings is 1. The third-order valence-electron chi connectivity index (χ3n) is 3.06. The maximum atomic E-state index is 11.8. The van der Waals surface area contributed by atoms with Crippen molar-refractivity contribution in [1.82, 2.24) is 15.5 Å². The lowest BCUT2D eigenvalue weighted by atomic mass is 10.1. The van der Waals surface area contributed by atoms with E-state index < -0.39 is 5.91 Å². The molecule has 23 heavy (non-hydrogen) atoms. The van der Waals surface area contributed by atoms with Crippen molar-refractivity contribution >= 4 is 5.91 Å². The minimum Gasteiger partial charge on any atom is -0.493 e. The quantitative estimate of drug-likeness (QED) is 0.726. The van der Waals surface area contributed by atoms with Gasteiger partial charge in [-0.1, -0.05) is 6.07 Å². The van der Waals surface area contributed by atoms with Crippen molar-refractivity contribution in [3.8, 4) is 11.5 Å². The molecule has 2 aromatic rings. The molecule has 0 aliphatic heterocycles. The molecule has 1 aromatic carbocycles. The second kappa shape index (κ2) is 8.14. The number of nitrogens with zero attached hydrogens (tertiary/aromatic N) is 2. The van der Waals surface area contributed by atoms with Crippen molar-refractivity contribution < 1.29 is 23.4 Å². The topological polar surface area (TPSA) is 95.7 Å². The summed E-state index contributed by atoms with van der Waals surface area (Å²) in [6.45, 7) is 0.793. The minimum atomic E-state index is -0.423. The number of hydrogen-bond donors (Lipinski definition) is 1. The first-order chi connectivity index (χ1) is 11.2. The Labute approximate surface area is 133 Å². The number of amides is 1. The van der Waals surface area contributed by atoms with Crippen LogP contribution in [0.1, 0.15) is 22.1 Å². The van der Waals surface area contributed by atoms with Crippen LogP contribution in [-0.4, -0.2) is 50.6 Å². The Bertz CT molecular complexity index is 656. The highest BCUT2D eigenvalue weighted by Gasteiger charge is 2.15. The summed E-state index contributed by atoms with van der Waals surface area (Å²) in [5, 5.41) is 10.2. The van der Waals surface area contributed by atoms with Crippen LogP contribution in [0.3, 0.4) is 0 Å². The summed E-state index contributed by atoms with van der Waals surface area (Å²) < 4.78 is 20.6. The third kappa shape index (κ3) is 4.43. The molecular formula is C15H19N3O5. The van der Waals surface area contributed by atoms with Gasteiger partial charge in [0.15, 0.2) is 11.5 Å². The van der Waals surface area contributed by atoms with Gasteiger partial charge in [0.1, 0.15) is 0 Å². The van der Waals surface area contributed by atoms with Crippen molar-refractivity contribution in [2.24, 2.45) is 0 Å². The normalized spacial score (nSPS) is 10.4. The molecule has 0 unspecified atom stereocenters. The summed E-state index contributed by atoms with van der Waals surface area (Å²) in [5.41, 5.74) is 0.901. The van der Waals surface area contributed by atoms with E-state index in [9.17, 15) is 4.79 Å². The van der Waals surface area contributed by atoms with Crippen molar-refractivity contribution in [2.45, 2.75) is 6.42 Å². The van der Waals surface area contributed by atoms with Gasteiger partial charge in [-0.2, -0.15) is 0 Å². The molecule has 8 heteroatoms. The van der Waals surface area contributed by atoms with Gasteiger partial charge in [0.05, 0.1) is 27.2 Å².